The SMILES string of the molecule is Cc1ccc(S(=O)(=O)OCC2(CO)Cc3ccc(N)cc3C2)cc1. The summed E-state index contributed by atoms with van der Waals surface area (Å²) < 4.78 is 30.0. The van der Waals surface area contributed by atoms with E-state index in [1.54, 1.807) is 12.1 Å². The van der Waals surface area contributed by atoms with Crippen LogP contribution in [0.15, 0.2) is 47.4 Å². The molecule has 2 aromatic rings. The Morgan fingerprint density at radius 3 is 2.46 bits per heavy atom. The molecule has 5 nitrogen and oxygen atoms in total. The standard InChI is InChI=1S/C18H21NO4S/c1-13-2-6-17(7-3-13)24(21,22)23-12-18(11-20)9-14-4-5-16(19)8-15(14)10-18/h2-8,20H,9-12,19H2,1H3. The number of aryl methyl sites for hydroxylation is 1. The molecule has 6 heteroatoms. The number of rotatable bonds is 5. The molecule has 0 fully saturated rings. The van der Waals surface area contributed by atoms with Crippen LogP contribution in [0.4, 0.5) is 5.69 Å². The quantitative estimate of drug-likeness (QED) is 0.638. The second-order valence-electron chi connectivity index (χ2n) is 6.57. The molecule has 0 aliphatic heterocycles. The number of aliphatic hydroxyl groups is 1. The summed E-state index contributed by atoms with van der Waals surface area (Å²) in [5.41, 5.74) is 8.93. The zero-order valence-corrected chi connectivity index (χ0v) is 14.3. The highest BCUT2D eigenvalue weighted by atomic mass is 32.2. The van der Waals surface area contributed by atoms with Crippen LogP contribution in [-0.2, 0) is 27.1 Å². The fourth-order valence-corrected chi connectivity index (χ4v) is 4.10. The Bertz CT molecular complexity index is 846. The van der Waals surface area contributed by atoms with Crippen molar-refractivity contribution in [3.63, 3.8) is 0 Å². The lowest BCUT2D eigenvalue weighted by molar-refractivity contribution is 0.0777. The van der Waals surface area contributed by atoms with Crippen LogP contribution in [-0.4, -0.2) is 26.7 Å². The molecule has 3 rings (SSSR count). The van der Waals surface area contributed by atoms with Gasteiger partial charge >= 0.3 is 0 Å². The molecule has 1 unspecified atom stereocenters. The van der Waals surface area contributed by atoms with Crippen LogP contribution in [0.1, 0.15) is 16.7 Å². The van der Waals surface area contributed by atoms with E-state index in [4.69, 9.17) is 9.92 Å². The van der Waals surface area contributed by atoms with Gasteiger partial charge in [0.05, 0.1) is 18.1 Å². The lowest BCUT2D eigenvalue weighted by Crippen LogP contribution is -2.33. The number of nitrogens with two attached hydrogens (primary N) is 1. The Kier molecular flexibility index (Phi) is 4.38. The molecule has 0 heterocycles. The molecule has 1 aliphatic rings. The van der Waals surface area contributed by atoms with Crippen LogP contribution in [0.2, 0.25) is 0 Å². The second kappa shape index (κ2) is 6.20. The van der Waals surface area contributed by atoms with Gasteiger partial charge in [-0.3, -0.25) is 4.18 Å². The third kappa shape index (κ3) is 3.31. The summed E-state index contributed by atoms with van der Waals surface area (Å²) in [6, 6.07) is 12.1. The van der Waals surface area contributed by atoms with E-state index in [9.17, 15) is 13.5 Å². The molecule has 0 aromatic heterocycles. The Morgan fingerprint density at radius 1 is 1.12 bits per heavy atom. The van der Waals surface area contributed by atoms with Crippen molar-refractivity contribution in [2.45, 2.75) is 24.7 Å². The summed E-state index contributed by atoms with van der Waals surface area (Å²) in [5.74, 6) is 0. The Labute approximate surface area is 142 Å². The molecular weight excluding hydrogens is 326 g/mol. The van der Waals surface area contributed by atoms with Gasteiger partial charge in [-0.05, 0) is 55.2 Å². The zero-order valence-electron chi connectivity index (χ0n) is 13.5. The molecule has 0 radical (unpaired) electrons. The minimum absolute atomic E-state index is 0.0612. The van der Waals surface area contributed by atoms with Gasteiger partial charge in [-0.15, -0.1) is 0 Å². The predicted octanol–water partition coefficient (Wildman–Crippen LogP) is 2.06. The van der Waals surface area contributed by atoms with E-state index < -0.39 is 15.5 Å². The van der Waals surface area contributed by atoms with Crippen molar-refractivity contribution in [1.29, 1.82) is 0 Å². The zero-order chi connectivity index (χ0) is 17.4. The van der Waals surface area contributed by atoms with Gasteiger partial charge in [0.15, 0.2) is 0 Å². The summed E-state index contributed by atoms with van der Waals surface area (Å²) >= 11 is 0. The van der Waals surface area contributed by atoms with Crippen molar-refractivity contribution in [1.82, 2.24) is 0 Å². The Morgan fingerprint density at radius 2 is 1.79 bits per heavy atom. The van der Waals surface area contributed by atoms with Crippen molar-refractivity contribution >= 4 is 15.8 Å². The van der Waals surface area contributed by atoms with Crippen molar-refractivity contribution in [2.75, 3.05) is 18.9 Å². The van der Waals surface area contributed by atoms with Gasteiger partial charge in [-0.25, -0.2) is 0 Å². The summed E-state index contributed by atoms with van der Waals surface area (Å²) in [4.78, 5) is 0.126. The Balaban J connectivity index is 1.76. The lowest BCUT2D eigenvalue weighted by atomic mass is 9.87. The maximum absolute atomic E-state index is 12.4. The third-order valence-electron chi connectivity index (χ3n) is 4.53. The minimum atomic E-state index is -3.84. The van der Waals surface area contributed by atoms with E-state index in [0.29, 0.717) is 18.5 Å². The number of benzene rings is 2. The molecule has 0 saturated heterocycles. The molecule has 1 atom stereocenters. The van der Waals surface area contributed by atoms with E-state index in [0.717, 1.165) is 16.7 Å². The van der Waals surface area contributed by atoms with Crippen molar-refractivity contribution < 1.29 is 17.7 Å². The highest BCUT2D eigenvalue weighted by Gasteiger charge is 2.38. The number of hydrogen-bond donors (Lipinski definition) is 2. The average molecular weight is 347 g/mol. The first-order valence-corrected chi connectivity index (χ1v) is 9.19. The highest BCUT2D eigenvalue weighted by Crippen LogP contribution is 2.38. The van der Waals surface area contributed by atoms with Crippen LogP contribution in [0.5, 0.6) is 0 Å². The smallest absolute Gasteiger partial charge is 0.296 e. The van der Waals surface area contributed by atoms with Gasteiger partial charge in [-0.2, -0.15) is 8.42 Å². The monoisotopic (exact) mass is 347 g/mol. The average Bonchev–Trinajstić information content (AvgIpc) is 2.92. The molecule has 128 valence electrons. The fourth-order valence-electron chi connectivity index (χ4n) is 3.09. The first-order valence-electron chi connectivity index (χ1n) is 7.78. The van der Waals surface area contributed by atoms with Crippen LogP contribution >= 0.6 is 0 Å². The minimum Gasteiger partial charge on any atom is -0.399 e. The largest absolute Gasteiger partial charge is 0.399 e. The molecule has 2 aromatic carbocycles. The van der Waals surface area contributed by atoms with Gasteiger partial charge < -0.3 is 10.8 Å². The van der Waals surface area contributed by atoms with E-state index in [-0.39, 0.29) is 18.1 Å². The normalized spacial score (nSPS) is 20.1. The number of hydrogen-bond acceptors (Lipinski definition) is 5. The van der Waals surface area contributed by atoms with E-state index in [1.807, 2.05) is 25.1 Å². The fraction of sp³-hybridized carbons (Fsp3) is 0.333. The number of aliphatic hydroxyl groups excluding tert-OH is 1. The first-order chi connectivity index (χ1) is 11.3. The maximum atomic E-state index is 12.4. The molecule has 0 spiro atoms. The van der Waals surface area contributed by atoms with Crippen LogP contribution in [0.3, 0.4) is 0 Å². The third-order valence-corrected chi connectivity index (χ3v) is 5.80. The number of fused-ring (bicyclic) bond motifs is 1. The van der Waals surface area contributed by atoms with Crippen molar-refractivity contribution in [3.05, 3.63) is 59.2 Å². The topological polar surface area (TPSA) is 89.6 Å². The second-order valence-corrected chi connectivity index (χ2v) is 8.18. The molecule has 24 heavy (non-hydrogen) atoms. The Hall–Kier alpha value is -1.89. The van der Waals surface area contributed by atoms with Gasteiger partial charge in [0.1, 0.15) is 0 Å². The molecule has 1 aliphatic carbocycles. The molecule has 0 bridgehead atoms. The number of nitrogen functional groups attached to an aromatic ring is 1. The van der Waals surface area contributed by atoms with Gasteiger partial charge in [0.2, 0.25) is 0 Å². The van der Waals surface area contributed by atoms with E-state index in [1.165, 1.54) is 12.1 Å². The summed E-state index contributed by atoms with van der Waals surface area (Å²) in [6.07, 6.45) is 1.12. The van der Waals surface area contributed by atoms with Crippen LogP contribution in [0, 0.1) is 12.3 Å². The maximum Gasteiger partial charge on any atom is 0.296 e. The molecule has 0 saturated carbocycles. The van der Waals surface area contributed by atoms with Crippen molar-refractivity contribution in [3.8, 4) is 0 Å². The van der Waals surface area contributed by atoms with Crippen LogP contribution < -0.4 is 5.73 Å². The van der Waals surface area contributed by atoms with Crippen LogP contribution in [0.25, 0.3) is 0 Å². The predicted molar refractivity (Wildman–Crippen MR) is 92.1 cm³/mol. The van der Waals surface area contributed by atoms with Gasteiger partial charge in [-0.1, -0.05) is 23.8 Å². The molecule has 0 amide bonds. The van der Waals surface area contributed by atoms with Crippen molar-refractivity contribution in [2.24, 2.45) is 5.41 Å². The number of anilines is 1. The first kappa shape index (κ1) is 17.0. The molecular formula is C18H21NO4S. The molecule has 3 N–H and O–H groups in total. The van der Waals surface area contributed by atoms with E-state index >= 15 is 0 Å². The summed E-state index contributed by atoms with van der Waals surface area (Å²) in [7, 11) is -3.84. The summed E-state index contributed by atoms with van der Waals surface area (Å²) in [6.45, 7) is 1.68. The van der Waals surface area contributed by atoms with Gasteiger partial charge in [0.25, 0.3) is 10.1 Å². The highest BCUT2D eigenvalue weighted by molar-refractivity contribution is 7.86. The van der Waals surface area contributed by atoms with E-state index in [2.05, 4.69) is 0 Å². The lowest BCUT2D eigenvalue weighted by Gasteiger charge is -2.25. The summed E-state index contributed by atoms with van der Waals surface area (Å²) in [5, 5.41) is 9.86. The van der Waals surface area contributed by atoms with Gasteiger partial charge in [0, 0.05) is 11.1 Å².